The Morgan fingerprint density at radius 3 is 2.68 bits per heavy atom. The number of ether oxygens (including phenoxy) is 2. The first-order valence-corrected chi connectivity index (χ1v) is 8.29. The number of thiophene rings is 1. The molecule has 126 valence electrons. The van der Waals surface area contributed by atoms with E-state index in [0.29, 0.717) is 20.7 Å². The molecule has 1 aromatic carbocycles. The lowest BCUT2D eigenvalue weighted by molar-refractivity contribution is -0.122. The van der Waals surface area contributed by atoms with Crippen molar-refractivity contribution in [3.63, 3.8) is 0 Å². The van der Waals surface area contributed by atoms with E-state index >= 15 is 0 Å². The topological polar surface area (TPSA) is 84.9 Å². The van der Waals surface area contributed by atoms with E-state index in [0.717, 1.165) is 4.90 Å². The molecule has 0 unspecified atom stereocenters. The van der Waals surface area contributed by atoms with E-state index in [4.69, 9.17) is 21.1 Å². The number of benzene rings is 1. The third-order valence-electron chi connectivity index (χ3n) is 3.60. The summed E-state index contributed by atoms with van der Waals surface area (Å²) in [6, 6.07) is 7.16. The average Bonchev–Trinajstić information content (AvgIpc) is 3.19. The van der Waals surface area contributed by atoms with Crippen molar-refractivity contribution in [2.75, 3.05) is 11.7 Å². The third-order valence-corrected chi connectivity index (χ3v) is 4.77. The molecule has 1 N–H and O–H groups in total. The Morgan fingerprint density at radius 1 is 1.12 bits per heavy atom. The standard InChI is InChI=1S/C16H9ClN2O5S/c17-13-4-2-9(25-13)6-10-14(20)18-16(22)19(15(10)21)8-1-3-11-12(5-8)24-7-23-11/h1-6H,7H2,(H,18,20,22)/b10-6+. The zero-order chi connectivity index (χ0) is 17.6. The molecule has 2 aliphatic heterocycles. The second-order valence-corrected chi connectivity index (χ2v) is 6.88. The van der Waals surface area contributed by atoms with Gasteiger partial charge in [-0.15, -0.1) is 11.3 Å². The SMILES string of the molecule is O=C1NC(=O)N(c2ccc3c(c2)OCO3)C(=O)/C1=C/c1ccc(Cl)s1. The number of imide groups is 2. The highest BCUT2D eigenvalue weighted by molar-refractivity contribution is 7.17. The van der Waals surface area contributed by atoms with E-state index in [1.807, 2.05) is 0 Å². The van der Waals surface area contributed by atoms with E-state index in [1.54, 1.807) is 24.3 Å². The summed E-state index contributed by atoms with van der Waals surface area (Å²) >= 11 is 7.08. The zero-order valence-corrected chi connectivity index (χ0v) is 14.0. The summed E-state index contributed by atoms with van der Waals surface area (Å²) in [5.74, 6) is -0.534. The Labute approximate surface area is 150 Å². The number of carbonyl (C=O) groups excluding carboxylic acids is 3. The molecule has 0 saturated carbocycles. The predicted octanol–water partition coefficient (Wildman–Crippen LogP) is 2.80. The van der Waals surface area contributed by atoms with Crippen molar-refractivity contribution in [2.24, 2.45) is 0 Å². The maximum Gasteiger partial charge on any atom is 0.335 e. The molecule has 0 atom stereocenters. The lowest BCUT2D eigenvalue weighted by Crippen LogP contribution is -2.54. The molecular weight excluding hydrogens is 368 g/mol. The summed E-state index contributed by atoms with van der Waals surface area (Å²) in [6.07, 6.45) is 1.40. The van der Waals surface area contributed by atoms with Gasteiger partial charge in [-0.1, -0.05) is 11.6 Å². The van der Waals surface area contributed by atoms with Crippen LogP contribution in [0.4, 0.5) is 10.5 Å². The monoisotopic (exact) mass is 376 g/mol. The van der Waals surface area contributed by atoms with Gasteiger partial charge in [0.05, 0.1) is 10.0 Å². The van der Waals surface area contributed by atoms with Crippen LogP contribution in [0.25, 0.3) is 6.08 Å². The van der Waals surface area contributed by atoms with Crippen molar-refractivity contribution in [3.05, 3.63) is 45.1 Å². The van der Waals surface area contributed by atoms with Gasteiger partial charge in [-0.05, 0) is 30.3 Å². The van der Waals surface area contributed by atoms with Crippen molar-refractivity contribution >= 4 is 52.5 Å². The van der Waals surface area contributed by atoms with Gasteiger partial charge in [-0.2, -0.15) is 0 Å². The molecule has 2 aliphatic rings. The summed E-state index contributed by atoms with van der Waals surface area (Å²) < 4.78 is 11.0. The Kier molecular flexibility index (Phi) is 3.70. The van der Waals surface area contributed by atoms with Crippen LogP contribution in [0, 0.1) is 0 Å². The van der Waals surface area contributed by atoms with Gasteiger partial charge < -0.3 is 9.47 Å². The van der Waals surface area contributed by atoms with Crippen LogP contribution in [-0.2, 0) is 9.59 Å². The van der Waals surface area contributed by atoms with Gasteiger partial charge in [-0.25, -0.2) is 9.69 Å². The van der Waals surface area contributed by atoms with Crippen LogP contribution in [0.2, 0.25) is 4.34 Å². The number of nitrogens with zero attached hydrogens (tertiary/aromatic N) is 1. The number of hydrogen-bond acceptors (Lipinski definition) is 6. The summed E-state index contributed by atoms with van der Waals surface area (Å²) in [7, 11) is 0. The molecule has 9 heteroatoms. The van der Waals surface area contributed by atoms with Crippen LogP contribution in [0.5, 0.6) is 11.5 Å². The van der Waals surface area contributed by atoms with Crippen molar-refractivity contribution in [3.8, 4) is 11.5 Å². The van der Waals surface area contributed by atoms with Crippen LogP contribution in [0.15, 0.2) is 35.9 Å². The lowest BCUT2D eigenvalue weighted by Gasteiger charge is -2.26. The highest BCUT2D eigenvalue weighted by Crippen LogP contribution is 2.36. The van der Waals surface area contributed by atoms with Gasteiger partial charge in [0.1, 0.15) is 5.57 Å². The first-order valence-electron chi connectivity index (χ1n) is 7.09. The number of nitrogens with one attached hydrogen (secondary N) is 1. The molecule has 0 spiro atoms. The van der Waals surface area contributed by atoms with E-state index in [1.165, 1.54) is 23.5 Å². The minimum Gasteiger partial charge on any atom is -0.454 e. The number of carbonyl (C=O) groups is 3. The third kappa shape index (κ3) is 2.75. The molecule has 0 radical (unpaired) electrons. The first kappa shape index (κ1) is 15.7. The number of hydrogen-bond donors (Lipinski definition) is 1. The molecule has 3 heterocycles. The minimum atomic E-state index is -0.824. The molecule has 0 aliphatic carbocycles. The van der Waals surface area contributed by atoms with E-state index < -0.39 is 17.8 Å². The number of anilines is 1. The summed E-state index contributed by atoms with van der Waals surface area (Å²) in [4.78, 5) is 38.5. The number of barbiturate groups is 1. The van der Waals surface area contributed by atoms with E-state index in [-0.39, 0.29) is 18.1 Å². The lowest BCUT2D eigenvalue weighted by atomic mass is 10.1. The molecule has 1 saturated heterocycles. The fraction of sp³-hybridized carbons (Fsp3) is 0.0625. The Morgan fingerprint density at radius 2 is 1.92 bits per heavy atom. The molecular formula is C16H9ClN2O5S. The van der Waals surface area contributed by atoms with Crippen LogP contribution in [0.1, 0.15) is 4.88 Å². The molecule has 4 rings (SSSR count). The molecule has 25 heavy (non-hydrogen) atoms. The maximum absolute atomic E-state index is 12.7. The van der Waals surface area contributed by atoms with Crippen LogP contribution in [0.3, 0.4) is 0 Å². The fourth-order valence-electron chi connectivity index (χ4n) is 2.46. The van der Waals surface area contributed by atoms with Gasteiger partial charge in [0.25, 0.3) is 11.8 Å². The number of fused-ring (bicyclic) bond motifs is 1. The fourth-order valence-corrected chi connectivity index (χ4v) is 3.47. The van der Waals surface area contributed by atoms with Gasteiger partial charge >= 0.3 is 6.03 Å². The Balaban J connectivity index is 1.72. The zero-order valence-electron chi connectivity index (χ0n) is 12.4. The van der Waals surface area contributed by atoms with Crippen LogP contribution < -0.4 is 19.7 Å². The Hall–Kier alpha value is -2.84. The van der Waals surface area contributed by atoms with Gasteiger partial charge in [-0.3, -0.25) is 14.9 Å². The molecule has 2 aromatic rings. The number of urea groups is 1. The number of amides is 4. The van der Waals surface area contributed by atoms with E-state index in [9.17, 15) is 14.4 Å². The number of halogens is 1. The first-order chi connectivity index (χ1) is 12.0. The highest BCUT2D eigenvalue weighted by atomic mass is 35.5. The molecule has 1 aromatic heterocycles. The molecule has 0 bridgehead atoms. The van der Waals surface area contributed by atoms with Crippen molar-refractivity contribution < 1.29 is 23.9 Å². The average molecular weight is 377 g/mol. The minimum absolute atomic E-state index is 0.0711. The summed E-state index contributed by atoms with van der Waals surface area (Å²) in [6.45, 7) is 0.0711. The summed E-state index contributed by atoms with van der Waals surface area (Å²) in [5.41, 5.74) is 0.116. The van der Waals surface area contributed by atoms with Gasteiger partial charge in [0.15, 0.2) is 11.5 Å². The second-order valence-electron chi connectivity index (χ2n) is 5.14. The van der Waals surface area contributed by atoms with Crippen LogP contribution in [-0.4, -0.2) is 24.6 Å². The van der Waals surface area contributed by atoms with Gasteiger partial charge in [0, 0.05) is 10.9 Å². The number of rotatable bonds is 2. The largest absolute Gasteiger partial charge is 0.454 e. The molecule has 1 fully saturated rings. The predicted molar refractivity (Wildman–Crippen MR) is 90.9 cm³/mol. The van der Waals surface area contributed by atoms with Crippen molar-refractivity contribution in [1.82, 2.24) is 5.32 Å². The Bertz CT molecular complexity index is 952. The smallest absolute Gasteiger partial charge is 0.335 e. The molecule has 7 nitrogen and oxygen atoms in total. The van der Waals surface area contributed by atoms with Gasteiger partial charge in [0.2, 0.25) is 6.79 Å². The second kappa shape index (κ2) is 5.91. The quantitative estimate of drug-likeness (QED) is 0.643. The van der Waals surface area contributed by atoms with E-state index in [2.05, 4.69) is 5.32 Å². The highest BCUT2D eigenvalue weighted by Gasteiger charge is 2.37. The van der Waals surface area contributed by atoms with Crippen molar-refractivity contribution in [1.29, 1.82) is 0 Å². The van der Waals surface area contributed by atoms with Crippen LogP contribution >= 0.6 is 22.9 Å². The normalized spacial score (nSPS) is 18.0. The van der Waals surface area contributed by atoms with Crippen molar-refractivity contribution in [2.45, 2.75) is 0 Å². The molecule has 4 amide bonds. The maximum atomic E-state index is 12.7. The summed E-state index contributed by atoms with van der Waals surface area (Å²) in [5, 5.41) is 2.16.